The van der Waals surface area contributed by atoms with Crippen molar-refractivity contribution in [3.05, 3.63) is 95.8 Å². The van der Waals surface area contributed by atoms with E-state index in [1.54, 1.807) is 41.0 Å². The zero-order chi connectivity index (χ0) is 21.8. The molecule has 4 rings (SSSR count). The lowest BCUT2D eigenvalue weighted by atomic mass is 10.2. The summed E-state index contributed by atoms with van der Waals surface area (Å²) in [5.74, 6) is -0.500. The van der Waals surface area contributed by atoms with E-state index < -0.39 is 0 Å². The molecule has 0 aliphatic heterocycles. The van der Waals surface area contributed by atoms with E-state index in [9.17, 15) is 9.18 Å². The van der Waals surface area contributed by atoms with Crippen LogP contribution in [0.5, 0.6) is 0 Å². The molecule has 1 amide bonds. The monoisotopic (exact) mass is 435 g/mol. The zero-order valence-electron chi connectivity index (χ0n) is 17.3. The number of hydrogen-bond donors (Lipinski definition) is 0. The minimum Gasteiger partial charge on any atom is -0.336 e. The maximum atomic E-state index is 13.4. The van der Waals surface area contributed by atoms with Crippen LogP contribution in [0.1, 0.15) is 21.6 Å². The van der Waals surface area contributed by atoms with Gasteiger partial charge < -0.3 is 4.90 Å². The van der Waals surface area contributed by atoms with Gasteiger partial charge in [-0.25, -0.2) is 9.37 Å². The van der Waals surface area contributed by atoms with E-state index in [2.05, 4.69) is 22.2 Å². The van der Waals surface area contributed by atoms with Gasteiger partial charge in [-0.15, -0.1) is 0 Å². The third kappa shape index (κ3) is 4.69. The predicted octanol–water partition coefficient (Wildman–Crippen LogP) is 4.25. The van der Waals surface area contributed by atoms with Crippen molar-refractivity contribution >= 4 is 17.7 Å². The van der Waals surface area contributed by atoms with Gasteiger partial charge in [-0.05, 0) is 36.1 Å². The van der Waals surface area contributed by atoms with Crippen LogP contribution < -0.4 is 0 Å². The highest BCUT2D eigenvalue weighted by molar-refractivity contribution is 7.98. The van der Waals surface area contributed by atoms with Crippen molar-refractivity contribution in [1.82, 2.24) is 24.2 Å². The average molecular weight is 436 g/mol. The minimum atomic E-state index is -0.327. The van der Waals surface area contributed by atoms with Gasteiger partial charge in [0.2, 0.25) is 0 Å². The Kier molecular flexibility index (Phi) is 6.18. The maximum absolute atomic E-state index is 13.4. The topological polar surface area (TPSA) is 56.0 Å². The lowest BCUT2D eigenvalue weighted by Gasteiger charge is -2.18. The van der Waals surface area contributed by atoms with Crippen LogP contribution in [0.4, 0.5) is 4.39 Å². The third-order valence-electron chi connectivity index (χ3n) is 4.86. The first-order valence-electron chi connectivity index (χ1n) is 9.73. The molecule has 0 saturated carbocycles. The van der Waals surface area contributed by atoms with Crippen molar-refractivity contribution in [2.24, 2.45) is 0 Å². The van der Waals surface area contributed by atoms with Crippen LogP contribution in [0.3, 0.4) is 0 Å². The number of thioether (sulfide) groups is 1. The molecule has 0 fully saturated rings. The molecule has 2 heterocycles. The van der Waals surface area contributed by atoms with E-state index in [4.69, 9.17) is 0 Å². The number of aromatic nitrogens is 4. The molecule has 0 bridgehead atoms. The molecule has 0 aliphatic rings. The number of carbonyl (C=O) groups is 1. The molecule has 0 saturated heterocycles. The van der Waals surface area contributed by atoms with Crippen molar-refractivity contribution in [1.29, 1.82) is 0 Å². The quantitative estimate of drug-likeness (QED) is 0.407. The molecule has 0 radical (unpaired) electrons. The molecule has 0 spiro atoms. The van der Waals surface area contributed by atoms with Gasteiger partial charge in [0.05, 0.1) is 18.9 Å². The van der Waals surface area contributed by atoms with Crippen LogP contribution in [0, 0.1) is 5.82 Å². The Morgan fingerprint density at radius 2 is 1.81 bits per heavy atom. The Hall–Kier alpha value is -3.39. The van der Waals surface area contributed by atoms with Crippen molar-refractivity contribution in [3.8, 4) is 5.69 Å². The fourth-order valence-electron chi connectivity index (χ4n) is 3.36. The van der Waals surface area contributed by atoms with Crippen LogP contribution in [-0.2, 0) is 13.1 Å². The van der Waals surface area contributed by atoms with Crippen LogP contribution in [0.25, 0.3) is 5.69 Å². The molecule has 8 heteroatoms. The van der Waals surface area contributed by atoms with E-state index in [1.807, 2.05) is 35.3 Å². The van der Waals surface area contributed by atoms with Crippen molar-refractivity contribution in [3.63, 3.8) is 0 Å². The Morgan fingerprint density at radius 1 is 1.06 bits per heavy atom. The summed E-state index contributed by atoms with van der Waals surface area (Å²) in [6.45, 7) is 1.09. The molecule has 31 heavy (non-hydrogen) atoms. The van der Waals surface area contributed by atoms with Gasteiger partial charge in [-0.3, -0.25) is 14.0 Å². The fraction of sp³-hybridized carbons (Fsp3) is 0.174. The highest BCUT2D eigenvalue weighted by atomic mass is 32.2. The highest BCUT2D eigenvalue weighted by Crippen LogP contribution is 2.23. The van der Waals surface area contributed by atoms with Gasteiger partial charge in [0.15, 0.2) is 5.16 Å². The Bertz CT molecular complexity index is 1170. The van der Waals surface area contributed by atoms with Gasteiger partial charge >= 0.3 is 0 Å². The molecule has 0 unspecified atom stereocenters. The first-order valence-corrected chi connectivity index (χ1v) is 11.0. The van der Waals surface area contributed by atoms with E-state index in [-0.39, 0.29) is 11.7 Å². The number of benzene rings is 2. The van der Waals surface area contributed by atoms with Gasteiger partial charge in [0, 0.05) is 31.0 Å². The van der Waals surface area contributed by atoms with Crippen molar-refractivity contribution in [2.45, 2.75) is 18.2 Å². The van der Waals surface area contributed by atoms with Gasteiger partial charge in [-0.1, -0.05) is 42.1 Å². The molecular formula is C23H22FN5OS. The summed E-state index contributed by atoms with van der Waals surface area (Å²) in [4.78, 5) is 19.2. The van der Waals surface area contributed by atoms with Crippen LogP contribution >= 0.6 is 11.8 Å². The summed E-state index contributed by atoms with van der Waals surface area (Å²) < 4.78 is 17.0. The van der Waals surface area contributed by atoms with E-state index in [0.29, 0.717) is 29.6 Å². The first kappa shape index (κ1) is 20.9. The molecule has 0 aliphatic carbocycles. The van der Waals surface area contributed by atoms with Crippen LogP contribution in [-0.4, -0.2) is 43.4 Å². The molecule has 0 N–H and O–H groups in total. The summed E-state index contributed by atoms with van der Waals surface area (Å²) >= 11 is 1.43. The number of carbonyl (C=O) groups excluding carboxylic acids is 1. The second-order valence-corrected chi connectivity index (χ2v) is 7.91. The number of rotatable bonds is 7. The van der Waals surface area contributed by atoms with E-state index in [0.717, 1.165) is 11.1 Å². The third-order valence-corrected chi connectivity index (χ3v) is 5.51. The number of amides is 1. The molecule has 2 aromatic heterocycles. The lowest BCUT2D eigenvalue weighted by Crippen LogP contribution is -2.28. The molecule has 158 valence electrons. The number of hydrogen-bond acceptors (Lipinski definition) is 4. The fourth-order valence-corrected chi connectivity index (χ4v) is 3.90. The van der Waals surface area contributed by atoms with Crippen molar-refractivity contribution in [2.75, 3.05) is 13.3 Å². The molecular weight excluding hydrogens is 413 g/mol. The van der Waals surface area contributed by atoms with Gasteiger partial charge in [0.25, 0.3) is 5.91 Å². The summed E-state index contributed by atoms with van der Waals surface area (Å²) in [6.07, 6.45) is 7.17. The molecule has 0 atom stereocenters. The Morgan fingerprint density at radius 3 is 2.52 bits per heavy atom. The summed E-state index contributed by atoms with van der Waals surface area (Å²) in [5, 5.41) is 5.08. The maximum Gasteiger partial charge on any atom is 0.272 e. The number of imidazole rings is 1. The summed E-state index contributed by atoms with van der Waals surface area (Å²) in [6, 6.07) is 16.1. The Balaban J connectivity index is 1.51. The van der Waals surface area contributed by atoms with Gasteiger partial charge in [0.1, 0.15) is 11.5 Å². The van der Waals surface area contributed by atoms with Crippen molar-refractivity contribution < 1.29 is 9.18 Å². The first-order chi connectivity index (χ1) is 15.0. The SMILES string of the molecule is CSc1ncc(C(=O)N(C)Cc2cnn(Cc3ccccc3)c2)n1-c1ccc(F)cc1. The largest absolute Gasteiger partial charge is 0.336 e. The van der Waals surface area contributed by atoms with Gasteiger partial charge in [-0.2, -0.15) is 5.10 Å². The van der Waals surface area contributed by atoms with Crippen LogP contribution in [0.15, 0.2) is 78.3 Å². The lowest BCUT2D eigenvalue weighted by molar-refractivity contribution is 0.0776. The molecule has 2 aromatic carbocycles. The number of nitrogens with zero attached hydrogens (tertiary/aromatic N) is 5. The summed E-state index contributed by atoms with van der Waals surface area (Å²) in [7, 11) is 1.75. The summed E-state index contributed by atoms with van der Waals surface area (Å²) in [5.41, 5.74) is 3.21. The second kappa shape index (κ2) is 9.18. The smallest absolute Gasteiger partial charge is 0.272 e. The standard InChI is InChI=1S/C23H22FN5OS/c1-27(14-18-12-26-28(16-18)15-17-6-4-3-5-7-17)22(30)21-13-25-23(31-2)29(21)20-10-8-19(24)9-11-20/h3-13,16H,14-15H2,1-2H3. The van der Waals surface area contributed by atoms with E-state index >= 15 is 0 Å². The Labute approximate surface area is 184 Å². The molecule has 6 nitrogen and oxygen atoms in total. The average Bonchev–Trinajstić information content (AvgIpc) is 3.41. The van der Waals surface area contributed by atoms with E-state index in [1.165, 1.54) is 23.9 Å². The second-order valence-electron chi connectivity index (χ2n) is 7.13. The zero-order valence-corrected chi connectivity index (χ0v) is 18.1. The minimum absolute atomic E-state index is 0.173. The highest BCUT2D eigenvalue weighted by Gasteiger charge is 2.21. The molecule has 4 aromatic rings. The normalized spacial score (nSPS) is 10.9. The number of halogens is 1. The van der Waals surface area contributed by atoms with Crippen LogP contribution in [0.2, 0.25) is 0 Å². The predicted molar refractivity (Wildman–Crippen MR) is 119 cm³/mol.